The van der Waals surface area contributed by atoms with Gasteiger partial charge >= 0.3 is 12.4 Å². The highest BCUT2D eigenvalue weighted by molar-refractivity contribution is 5.71. The van der Waals surface area contributed by atoms with Crippen molar-refractivity contribution >= 4 is 5.97 Å². The van der Waals surface area contributed by atoms with Crippen molar-refractivity contribution in [2.75, 3.05) is 0 Å². The van der Waals surface area contributed by atoms with Crippen molar-refractivity contribution in [1.82, 2.24) is 20.1 Å². The van der Waals surface area contributed by atoms with E-state index in [9.17, 15) is 13.3 Å². The van der Waals surface area contributed by atoms with Crippen LogP contribution in [-0.4, -0.2) is 27.2 Å². The minimum absolute atomic E-state index is 0.881. The van der Waals surface area contributed by atoms with E-state index in [4.69, 9.17) is 4.79 Å². The van der Waals surface area contributed by atoms with Gasteiger partial charge in [-0.2, -0.15) is 13.9 Å². The molecule has 1 aliphatic rings. The zero-order chi connectivity index (χ0) is 15.2. The van der Waals surface area contributed by atoms with Gasteiger partial charge in [0.2, 0.25) is 0 Å². The summed E-state index contributed by atoms with van der Waals surface area (Å²) in [4.78, 5) is 15.6. The van der Waals surface area contributed by atoms with Crippen molar-refractivity contribution in [3.63, 3.8) is 0 Å². The average Bonchev–Trinajstić information content (AvgIpc) is 3.10. The van der Waals surface area contributed by atoms with Gasteiger partial charge < -0.3 is 5.32 Å². The Labute approximate surface area is 117 Å². The molecule has 0 unspecified atom stereocenters. The fraction of sp³-hybridized carbons (Fsp3) is 0.250. The lowest BCUT2D eigenvalue weighted by Gasteiger charge is -2.02. The summed E-state index contributed by atoms with van der Waals surface area (Å²) in [6.45, 7) is 1.80. The molecule has 0 fully saturated rings. The molecule has 21 heavy (non-hydrogen) atoms. The lowest BCUT2D eigenvalue weighted by atomic mass is 10.3. The van der Waals surface area contributed by atoms with E-state index < -0.39 is 12.4 Å². The number of carbonyl (C=O) groups excluding carboxylic acids is 1. The van der Waals surface area contributed by atoms with E-state index in [-0.39, 0.29) is 0 Å². The second-order valence-corrected chi connectivity index (χ2v) is 4.02. The molecule has 6 nitrogen and oxygen atoms in total. The van der Waals surface area contributed by atoms with E-state index >= 15 is 0 Å². The fourth-order valence-corrected chi connectivity index (χ4v) is 1.77. The number of nitrogens with one attached hydrogen (secondary N) is 1. The molecule has 3 rings (SSSR count). The Kier molecular flexibility index (Phi) is 4.88. The molecule has 0 saturated carbocycles. The molecule has 2 aromatic rings. The van der Waals surface area contributed by atoms with Crippen LogP contribution < -0.4 is 5.32 Å². The van der Waals surface area contributed by atoms with E-state index in [1.807, 2.05) is 29.1 Å². The lowest BCUT2D eigenvalue weighted by Crippen LogP contribution is -2.08. The minimum Gasteiger partial charge on any atom is -0.307 e. The molecular weight excluding hydrogens is 289 g/mol. The highest BCUT2D eigenvalue weighted by atomic mass is 19.3. The van der Waals surface area contributed by atoms with Crippen LogP contribution >= 0.6 is 0 Å². The molecule has 0 aromatic carbocycles. The molecular formula is C12H11F3N4O2. The van der Waals surface area contributed by atoms with Crippen LogP contribution in [0, 0.1) is 0 Å². The fourth-order valence-electron chi connectivity index (χ4n) is 1.77. The van der Waals surface area contributed by atoms with Crippen molar-refractivity contribution in [3.05, 3.63) is 41.9 Å². The third-order valence-electron chi connectivity index (χ3n) is 2.68. The van der Waals surface area contributed by atoms with Crippen molar-refractivity contribution < 1.29 is 23.0 Å². The molecule has 0 atom stereocenters. The van der Waals surface area contributed by atoms with Gasteiger partial charge in [0.15, 0.2) is 5.82 Å². The van der Waals surface area contributed by atoms with Gasteiger partial charge in [-0.25, -0.2) is 19.4 Å². The Morgan fingerprint density at radius 2 is 2.19 bits per heavy atom. The maximum atomic E-state index is 10.7. The molecule has 2 aromatic heterocycles. The van der Waals surface area contributed by atoms with E-state index in [0.717, 1.165) is 18.9 Å². The number of carbonyl (C=O) groups is 1. The first kappa shape index (κ1) is 15.0. The smallest absolute Gasteiger partial charge is 0.307 e. The molecule has 0 spiro atoms. The van der Waals surface area contributed by atoms with E-state index in [1.54, 1.807) is 6.20 Å². The van der Waals surface area contributed by atoms with Crippen LogP contribution in [-0.2, 0) is 22.8 Å². The second kappa shape index (κ2) is 6.84. The SMILES string of the molecule is O=C(OF)C(F)F.c1ccc(-n2ncc3c2CNC3)nc1. The molecule has 9 heteroatoms. The van der Waals surface area contributed by atoms with Crippen molar-refractivity contribution in [2.24, 2.45) is 0 Å². The van der Waals surface area contributed by atoms with Gasteiger partial charge in [-0.15, -0.1) is 0 Å². The Morgan fingerprint density at radius 1 is 1.38 bits per heavy atom. The molecule has 1 aliphatic heterocycles. The summed E-state index contributed by atoms with van der Waals surface area (Å²) in [5.74, 6) is -1.27. The molecule has 0 aliphatic carbocycles. The maximum Gasteiger partial charge on any atom is 0.414 e. The van der Waals surface area contributed by atoms with Crippen LogP contribution in [0.15, 0.2) is 30.6 Å². The Hall–Kier alpha value is -2.42. The van der Waals surface area contributed by atoms with E-state index in [0.29, 0.717) is 0 Å². The summed E-state index contributed by atoms with van der Waals surface area (Å²) in [6.07, 6.45) is 0.320. The van der Waals surface area contributed by atoms with E-state index in [2.05, 4.69) is 20.3 Å². The van der Waals surface area contributed by atoms with Crippen LogP contribution in [0.25, 0.3) is 5.82 Å². The molecule has 112 valence electrons. The van der Waals surface area contributed by atoms with Crippen molar-refractivity contribution in [2.45, 2.75) is 19.5 Å². The molecule has 0 radical (unpaired) electrons. The molecule has 0 bridgehead atoms. The molecule has 0 amide bonds. The number of alkyl halides is 2. The number of halogens is 3. The van der Waals surface area contributed by atoms with Crippen LogP contribution in [0.2, 0.25) is 0 Å². The van der Waals surface area contributed by atoms with Crippen LogP contribution in [0.5, 0.6) is 0 Å². The number of nitrogens with zero attached hydrogens (tertiary/aromatic N) is 3. The maximum absolute atomic E-state index is 10.7. The third kappa shape index (κ3) is 3.57. The summed E-state index contributed by atoms with van der Waals surface area (Å²) in [6, 6.07) is 5.84. The molecule has 1 N–H and O–H groups in total. The average molecular weight is 300 g/mol. The predicted octanol–water partition coefficient (Wildman–Crippen LogP) is 1.55. The normalized spacial score (nSPS) is 12.6. The topological polar surface area (TPSA) is 69.0 Å². The number of hydrogen-bond donors (Lipinski definition) is 1. The molecule has 0 saturated heterocycles. The number of rotatable bonds is 2. The van der Waals surface area contributed by atoms with Gasteiger partial charge in [-0.1, -0.05) is 6.07 Å². The quantitative estimate of drug-likeness (QED) is 0.911. The summed E-state index contributed by atoms with van der Waals surface area (Å²) in [5.41, 5.74) is 2.50. The predicted molar refractivity (Wildman–Crippen MR) is 65.1 cm³/mol. The van der Waals surface area contributed by atoms with Gasteiger partial charge in [0.05, 0.1) is 11.9 Å². The van der Waals surface area contributed by atoms with Crippen LogP contribution in [0.4, 0.5) is 13.3 Å². The Morgan fingerprint density at radius 3 is 2.76 bits per heavy atom. The summed E-state index contributed by atoms with van der Waals surface area (Å²) in [5, 5.41) is 7.61. The van der Waals surface area contributed by atoms with Crippen LogP contribution in [0.3, 0.4) is 0 Å². The van der Waals surface area contributed by atoms with Crippen LogP contribution in [0.1, 0.15) is 11.3 Å². The highest BCUT2D eigenvalue weighted by Crippen LogP contribution is 2.17. The van der Waals surface area contributed by atoms with Gasteiger partial charge in [0.25, 0.3) is 0 Å². The number of hydrogen-bond acceptors (Lipinski definition) is 5. The second-order valence-electron chi connectivity index (χ2n) is 4.02. The zero-order valence-corrected chi connectivity index (χ0v) is 10.7. The third-order valence-corrected chi connectivity index (χ3v) is 2.68. The number of fused-ring (bicyclic) bond motifs is 1. The Bertz CT molecular complexity index is 604. The zero-order valence-electron chi connectivity index (χ0n) is 10.7. The van der Waals surface area contributed by atoms with Crippen molar-refractivity contribution in [1.29, 1.82) is 0 Å². The largest absolute Gasteiger partial charge is 0.414 e. The summed E-state index contributed by atoms with van der Waals surface area (Å²) >= 11 is 0. The van der Waals surface area contributed by atoms with Gasteiger partial charge in [0, 0.05) is 29.4 Å². The number of pyridine rings is 1. The summed E-state index contributed by atoms with van der Waals surface area (Å²) in [7, 11) is 0. The first-order chi connectivity index (χ1) is 10.1. The molecule has 3 heterocycles. The minimum atomic E-state index is -3.37. The van der Waals surface area contributed by atoms with Gasteiger partial charge in [-0.05, 0) is 12.1 Å². The first-order valence-corrected chi connectivity index (χ1v) is 5.92. The van der Waals surface area contributed by atoms with Gasteiger partial charge in [-0.3, -0.25) is 0 Å². The Balaban J connectivity index is 0.000000199. The standard InChI is InChI=1S/C10H10N4.C2HF3O2/c1-2-4-12-10(3-1)14-9-7-11-5-8(9)6-13-14;3-1(4)2(6)7-5/h1-4,6,11H,5,7H2;1H. The highest BCUT2D eigenvalue weighted by Gasteiger charge is 2.17. The first-order valence-electron chi connectivity index (χ1n) is 5.92. The number of aromatic nitrogens is 3. The van der Waals surface area contributed by atoms with E-state index in [1.165, 1.54) is 11.3 Å². The van der Waals surface area contributed by atoms with Crippen molar-refractivity contribution in [3.8, 4) is 5.82 Å². The monoisotopic (exact) mass is 300 g/mol. The lowest BCUT2D eigenvalue weighted by molar-refractivity contribution is -0.196. The van der Waals surface area contributed by atoms with Gasteiger partial charge in [0.1, 0.15) is 0 Å². The summed E-state index contributed by atoms with van der Waals surface area (Å²) < 4.78 is 33.6.